The Morgan fingerprint density at radius 3 is 2.54 bits per heavy atom. The molecule has 2 aliphatic heterocycles. The molecule has 2 saturated heterocycles. The summed E-state index contributed by atoms with van der Waals surface area (Å²) in [7, 11) is 0. The molecule has 0 aliphatic carbocycles. The number of nitrogens with zero attached hydrogens (tertiary/aromatic N) is 2. The van der Waals surface area contributed by atoms with Crippen LogP contribution in [-0.4, -0.2) is 64.5 Å². The van der Waals surface area contributed by atoms with Crippen LogP contribution in [0.2, 0.25) is 0 Å². The number of carboxylic acids is 1. The van der Waals surface area contributed by atoms with E-state index in [-0.39, 0.29) is 48.5 Å². The zero-order valence-corrected chi connectivity index (χ0v) is 16.5. The molecular formula is C19H28N4O5. The van der Waals surface area contributed by atoms with E-state index in [0.717, 1.165) is 5.69 Å². The number of carboxylic acid groups (broad SMARTS) is 1. The zero-order valence-electron chi connectivity index (χ0n) is 16.5. The highest BCUT2D eigenvalue weighted by Crippen LogP contribution is 2.29. The number of hydrogen-bond donors (Lipinski definition) is 3. The molecule has 3 rings (SSSR count). The molecule has 3 heterocycles. The van der Waals surface area contributed by atoms with Crippen LogP contribution in [0.25, 0.3) is 0 Å². The lowest BCUT2D eigenvalue weighted by molar-refractivity contribution is -0.137. The number of amides is 1. The molecule has 0 bridgehead atoms. The Bertz CT molecular complexity index is 721. The molecule has 0 saturated carbocycles. The van der Waals surface area contributed by atoms with Crippen molar-refractivity contribution in [3.8, 4) is 0 Å². The third kappa shape index (κ3) is 4.96. The molecule has 2 fully saturated rings. The number of fused-ring (bicyclic) bond motifs is 1. The summed E-state index contributed by atoms with van der Waals surface area (Å²) in [4.78, 5) is 31.5. The standard InChI is InChI=1S/C19H28N4O5/c1-19(2,3)13-7-8-20-18(23-13)22-12-10-28-16-11(9-27-17(12)16)21-14(24)5-4-6-15(25)26/h7-8,11-12,16-17H,4-6,9-10H2,1-3H3,(H,21,24)(H,25,26)(H,20,22,23)/t11-,12-,16+,17+/m0/s1. The maximum Gasteiger partial charge on any atom is 0.303 e. The van der Waals surface area contributed by atoms with E-state index in [1.807, 2.05) is 6.07 Å². The summed E-state index contributed by atoms with van der Waals surface area (Å²) in [6.45, 7) is 7.08. The molecule has 0 aromatic carbocycles. The summed E-state index contributed by atoms with van der Waals surface area (Å²) in [6.07, 6.45) is 1.76. The van der Waals surface area contributed by atoms with Gasteiger partial charge in [0.1, 0.15) is 12.2 Å². The van der Waals surface area contributed by atoms with Gasteiger partial charge in [-0.25, -0.2) is 9.97 Å². The maximum atomic E-state index is 12.0. The van der Waals surface area contributed by atoms with E-state index in [0.29, 0.717) is 25.6 Å². The molecule has 28 heavy (non-hydrogen) atoms. The summed E-state index contributed by atoms with van der Waals surface area (Å²) in [6, 6.07) is 1.56. The lowest BCUT2D eigenvalue weighted by Gasteiger charge is -2.21. The van der Waals surface area contributed by atoms with Gasteiger partial charge in [-0.2, -0.15) is 0 Å². The van der Waals surface area contributed by atoms with Crippen LogP contribution in [0.1, 0.15) is 45.7 Å². The Kier molecular flexibility index (Phi) is 6.14. The van der Waals surface area contributed by atoms with Crippen LogP contribution in [0.4, 0.5) is 5.95 Å². The normalized spacial score (nSPS) is 26.7. The van der Waals surface area contributed by atoms with Gasteiger partial charge in [-0.1, -0.05) is 20.8 Å². The van der Waals surface area contributed by atoms with Crippen molar-refractivity contribution in [1.82, 2.24) is 15.3 Å². The minimum atomic E-state index is -0.900. The van der Waals surface area contributed by atoms with Crippen molar-refractivity contribution >= 4 is 17.8 Å². The zero-order chi connectivity index (χ0) is 20.3. The van der Waals surface area contributed by atoms with Crippen LogP contribution >= 0.6 is 0 Å². The van der Waals surface area contributed by atoms with E-state index < -0.39 is 5.97 Å². The summed E-state index contributed by atoms with van der Waals surface area (Å²) < 4.78 is 11.7. The molecular weight excluding hydrogens is 364 g/mol. The van der Waals surface area contributed by atoms with Crippen molar-refractivity contribution in [2.24, 2.45) is 0 Å². The van der Waals surface area contributed by atoms with Gasteiger partial charge >= 0.3 is 5.97 Å². The van der Waals surface area contributed by atoms with Crippen molar-refractivity contribution < 1.29 is 24.2 Å². The van der Waals surface area contributed by atoms with Crippen molar-refractivity contribution in [3.63, 3.8) is 0 Å². The number of carbonyl (C=O) groups excluding carboxylic acids is 1. The molecule has 4 atom stereocenters. The maximum absolute atomic E-state index is 12.0. The molecule has 154 valence electrons. The van der Waals surface area contributed by atoms with E-state index >= 15 is 0 Å². The number of anilines is 1. The Labute approximate surface area is 164 Å². The van der Waals surface area contributed by atoms with Gasteiger partial charge in [0, 0.05) is 24.5 Å². The fraction of sp³-hybridized carbons (Fsp3) is 0.684. The Morgan fingerprint density at radius 1 is 1.18 bits per heavy atom. The first-order valence-electron chi connectivity index (χ1n) is 9.58. The highest BCUT2D eigenvalue weighted by Gasteiger charge is 2.48. The van der Waals surface area contributed by atoms with E-state index in [1.54, 1.807) is 6.20 Å². The average Bonchev–Trinajstić information content (AvgIpc) is 3.18. The van der Waals surface area contributed by atoms with Gasteiger partial charge in [-0.15, -0.1) is 0 Å². The lowest BCUT2D eigenvalue weighted by atomic mass is 9.92. The molecule has 1 aromatic heterocycles. The second kappa shape index (κ2) is 8.40. The first-order valence-corrected chi connectivity index (χ1v) is 9.58. The van der Waals surface area contributed by atoms with Gasteiger partial charge in [-0.05, 0) is 12.5 Å². The SMILES string of the molecule is CC(C)(C)c1ccnc(N[C@H]2CO[C@H]3[C@@H]2OC[C@@H]3NC(=O)CCCC(=O)O)n1. The monoisotopic (exact) mass is 392 g/mol. The highest BCUT2D eigenvalue weighted by atomic mass is 16.6. The first-order chi connectivity index (χ1) is 13.2. The Balaban J connectivity index is 1.54. The van der Waals surface area contributed by atoms with Crippen molar-refractivity contribution in [1.29, 1.82) is 0 Å². The largest absolute Gasteiger partial charge is 0.481 e. The lowest BCUT2D eigenvalue weighted by Crippen LogP contribution is -2.44. The molecule has 9 nitrogen and oxygen atoms in total. The Hall–Kier alpha value is -2.26. The van der Waals surface area contributed by atoms with Crippen molar-refractivity contribution in [2.45, 2.75) is 69.7 Å². The van der Waals surface area contributed by atoms with Gasteiger partial charge < -0.3 is 25.2 Å². The summed E-state index contributed by atoms with van der Waals surface area (Å²) in [5.41, 5.74) is 0.868. The van der Waals surface area contributed by atoms with Gasteiger partial charge in [0.2, 0.25) is 11.9 Å². The fourth-order valence-electron chi connectivity index (χ4n) is 3.44. The molecule has 0 radical (unpaired) electrons. The smallest absolute Gasteiger partial charge is 0.303 e. The quantitative estimate of drug-likeness (QED) is 0.630. The number of nitrogens with one attached hydrogen (secondary N) is 2. The number of aliphatic carboxylic acids is 1. The first kappa shape index (κ1) is 20.5. The van der Waals surface area contributed by atoms with Crippen LogP contribution in [0, 0.1) is 0 Å². The summed E-state index contributed by atoms with van der Waals surface area (Å²) in [5.74, 6) is -0.550. The molecule has 0 spiro atoms. The number of rotatable bonds is 7. The molecule has 9 heteroatoms. The van der Waals surface area contributed by atoms with Crippen LogP contribution in [0.5, 0.6) is 0 Å². The molecule has 2 aliphatic rings. The van der Waals surface area contributed by atoms with E-state index in [2.05, 4.69) is 41.4 Å². The van der Waals surface area contributed by atoms with Gasteiger partial charge in [0.25, 0.3) is 0 Å². The topological polar surface area (TPSA) is 123 Å². The Morgan fingerprint density at radius 2 is 1.86 bits per heavy atom. The number of ether oxygens (including phenoxy) is 2. The summed E-state index contributed by atoms with van der Waals surface area (Å²) >= 11 is 0. The highest BCUT2D eigenvalue weighted by molar-refractivity contribution is 5.77. The van der Waals surface area contributed by atoms with Crippen molar-refractivity contribution in [2.75, 3.05) is 18.5 Å². The second-order valence-electron chi connectivity index (χ2n) is 8.28. The minimum Gasteiger partial charge on any atom is -0.481 e. The number of aromatic nitrogens is 2. The van der Waals surface area contributed by atoms with E-state index in [1.165, 1.54) is 0 Å². The van der Waals surface area contributed by atoms with Gasteiger partial charge in [0.05, 0.1) is 31.0 Å². The van der Waals surface area contributed by atoms with Crippen LogP contribution in [-0.2, 0) is 24.5 Å². The third-order valence-corrected chi connectivity index (χ3v) is 4.93. The third-order valence-electron chi connectivity index (χ3n) is 4.93. The molecule has 1 aromatic rings. The fourth-order valence-corrected chi connectivity index (χ4v) is 3.44. The number of hydrogen-bond acceptors (Lipinski definition) is 7. The van der Waals surface area contributed by atoms with Crippen LogP contribution in [0.15, 0.2) is 12.3 Å². The summed E-state index contributed by atoms with van der Waals surface area (Å²) in [5, 5.41) is 14.8. The number of carbonyl (C=O) groups is 2. The molecule has 3 N–H and O–H groups in total. The predicted octanol–water partition coefficient (Wildman–Crippen LogP) is 1.09. The van der Waals surface area contributed by atoms with E-state index in [4.69, 9.17) is 14.6 Å². The van der Waals surface area contributed by atoms with Crippen LogP contribution < -0.4 is 10.6 Å². The average molecular weight is 392 g/mol. The molecule has 1 amide bonds. The van der Waals surface area contributed by atoms with Crippen LogP contribution in [0.3, 0.4) is 0 Å². The van der Waals surface area contributed by atoms with Crippen molar-refractivity contribution in [3.05, 3.63) is 18.0 Å². The second-order valence-corrected chi connectivity index (χ2v) is 8.28. The van der Waals surface area contributed by atoms with E-state index in [9.17, 15) is 9.59 Å². The van der Waals surface area contributed by atoms with Gasteiger partial charge in [0.15, 0.2) is 0 Å². The predicted molar refractivity (Wildman–Crippen MR) is 101 cm³/mol. The minimum absolute atomic E-state index is 0.0171. The van der Waals surface area contributed by atoms with Gasteiger partial charge in [-0.3, -0.25) is 9.59 Å². The molecule has 0 unspecified atom stereocenters.